The van der Waals surface area contributed by atoms with E-state index in [-0.39, 0.29) is 23.0 Å². The quantitative estimate of drug-likeness (QED) is 0.440. The van der Waals surface area contributed by atoms with Gasteiger partial charge in [-0.2, -0.15) is 0 Å². The minimum Gasteiger partial charge on any atom is -0.352 e. The molecular formula is C24H38NO3P. The van der Waals surface area contributed by atoms with Crippen molar-refractivity contribution >= 4 is 13.6 Å². The Balaban J connectivity index is 1.72. The molecule has 4 rings (SSSR count). The Hall–Kier alpha value is -0.890. The first kappa shape index (κ1) is 21.3. The average Bonchev–Trinajstić information content (AvgIpc) is 3.02. The van der Waals surface area contributed by atoms with Gasteiger partial charge in [0.25, 0.3) is 0 Å². The zero-order chi connectivity index (χ0) is 21.2. The number of carbonyl (C=O) groups excluding carboxylic acids is 1. The number of nitrogens with one attached hydrogen (secondary N) is 1. The average molecular weight is 420 g/mol. The third-order valence-corrected chi connectivity index (χ3v) is 10.3. The molecule has 3 saturated carbocycles. The molecule has 4 aliphatic carbocycles. The van der Waals surface area contributed by atoms with Gasteiger partial charge in [0, 0.05) is 16.9 Å². The molecule has 4 nitrogen and oxygen atoms in total. The van der Waals surface area contributed by atoms with Crippen LogP contribution >= 0.6 is 7.68 Å². The monoisotopic (exact) mass is 419 g/mol. The summed E-state index contributed by atoms with van der Waals surface area (Å²) < 4.78 is 23.9. The summed E-state index contributed by atoms with van der Waals surface area (Å²) in [6.45, 7) is 10.6. The third-order valence-electron chi connectivity index (χ3n) is 9.29. The number of amides is 1. The van der Waals surface area contributed by atoms with Crippen LogP contribution in [0.25, 0.3) is 0 Å². The lowest BCUT2D eigenvalue weighted by Gasteiger charge is -2.59. The fourth-order valence-electron chi connectivity index (χ4n) is 7.47. The molecule has 1 N–H and O–H groups in total. The normalized spacial score (nSPS) is 44.2. The lowest BCUT2D eigenvalue weighted by Crippen LogP contribution is -2.60. The first-order valence-corrected chi connectivity index (χ1v) is 12.9. The van der Waals surface area contributed by atoms with Gasteiger partial charge in [0.15, 0.2) is 0 Å². The van der Waals surface area contributed by atoms with Crippen LogP contribution < -0.4 is 5.32 Å². The third kappa shape index (κ3) is 3.38. The molecule has 4 aliphatic rings. The van der Waals surface area contributed by atoms with Crippen LogP contribution in [-0.2, 0) is 13.9 Å². The number of carbonyl (C=O) groups is 1. The number of fused-ring (bicyclic) bond motifs is 5. The van der Waals surface area contributed by atoms with E-state index < -0.39 is 13.1 Å². The molecule has 1 amide bonds. The van der Waals surface area contributed by atoms with Gasteiger partial charge in [0.05, 0.1) is 5.66 Å². The summed E-state index contributed by atoms with van der Waals surface area (Å²) in [7, 11) is -2.48. The zero-order valence-corrected chi connectivity index (χ0v) is 19.7. The molecule has 0 aromatic carbocycles. The van der Waals surface area contributed by atoms with E-state index >= 15 is 0 Å². The van der Waals surface area contributed by atoms with Crippen LogP contribution in [0.4, 0.5) is 0 Å². The van der Waals surface area contributed by atoms with Crippen LogP contribution in [0, 0.1) is 34.0 Å². The first-order chi connectivity index (χ1) is 13.5. The SMILES string of the molecule is CC(C)(C)C(=O)NC1CC(P(=O)=O)CC2=CC[C@@H]3[C@@H](CC[C@]4(C)CCC[C@@H]34)[C@]21C. The van der Waals surface area contributed by atoms with Gasteiger partial charge in [-0.1, -0.05) is 52.7 Å². The van der Waals surface area contributed by atoms with Crippen LogP contribution in [0.2, 0.25) is 0 Å². The second-order valence-corrected chi connectivity index (χ2v) is 13.2. The van der Waals surface area contributed by atoms with E-state index in [1.54, 1.807) is 0 Å². The van der Waals surface area contributed by atoms with Crippen LogP contribution in [0.15, 0.2) is 11.6 Å². The van der Waals surface area contributed by atoms with Crippen molar-refractivity contribution in [3.05, 3.63) is 11.6 Å². The van der Waals surface area contributed by atoms with Gasteiger partial charge in [0.1, 0.15) is 0 Å². The Morgan fingerprint density at radius 2 is 1.86 bits per heavy atom. The summed E-state index contributed by atoms with van der Waals surface area (Å²) in [6.07, 6.45) is 11.2. The Morgan fingerprint density at radius 3 is 2.52 bits per heavy atom. The molecule has 5 heteroatoms. The number of rotatable bonds is 2. The van der Waals surface area contributed by atoms with E-state index in [0.717, 1.165) is 12.3 Å². The predicted octanol–water partition coefficient (Wildman–Crippen LogP) is 6.02. The first-order valence-electron chi connectivity index (χ1n) is 11.6. The highest BCUT2D eigenvalue weighted by Crippen LogP contribution is 2.65. The predicted molar refractivity (Wildman–Crippen MR) is 115 cm³/mol. The molecule has 0 aliphatic heterocycles. The van der Waals surface area contributed by atoms with Crippen molar-refractivity contribution in [3.63, 3.8) is 0 Å². The summed E-state index contributed by atoms with van der Waals surface area (Å²) in [6, 6.07) is -0.0920. The van der Waals surface area contributed by atoms with Gasteiger partial charge in [-0.3, -0.25) is 4.79 Å². The van der Waals surface area contributed by atoms with Crippen molar-refractivity contribution in [2.75, 3.05) is 0 Å². The summed E-state index contributed by atoms with van der Waals surface area (Å²) in [5, 5.41) is 3.34. The van der Waals surface area contributed by atoms with E-state index in [4.69, 9.17) is 0 Å². The molecule has 0 saturated heterocycles. The summed E-state index contributed by atoms with van der Waals surface area (Å²) >= 11 is 0. The van der Waals surface area contributed by atoms with E-state index in [1.807, 2.05) is 20.8 Å². The molecule has 7 atom stereocenters. The van der Waals surface area contributed by atoms with Crippen molar-refractivity contribution < 1.29 is 13.9 Å². The van der Waals surface area contributed by atoms with Crippen molar-refractivity contribution in [2.24, 2.45) is 34.0 Å². The molecule has 29 heavy (non-hydrogen) atoms. The highest BCUT2D eigenvalue weighted by molar-refractivity contribution is 7.31. The highest BCUT2D eigenvalue weighted by Gasteiger charge is 2.59. The van der Waals surface area contributed by atoms with Crippen molar-refractivity contribution in [1.29, 1.82) is 0 Å². The molecule has 3 fully saturated rings. The maximum absolute atomic E-state index is 12.9. The molecule has 0 heterocycles. The van der Waals surface area contributed by atoms with E-state index in [2.05, 4.69) is 25.2 Å². The van der Waals surface area contributed by atoms with Crippen molar-refractivity contribution in [1.82, 2.24) is 5.32 Å². The van der Waals surface area contributed by atoms with Crippen LogP contribution in [-0.4, -0.2) is 17.6 Å². The lowest BCUT2D eigenvalue weighted by molar-refractivity contribution is -0.131. The van der Waals surface area contributed by atoms with Gasteiger partial charge < -0.3 is 5.32 Å². The molecule has 0 radical (unpaired) electrons. The second kappa shape index (κ2) is 7.08. The Labute approximate surface area is 176 Å². The second-order valence-electron chi connectivity index (χ2n) is 11.9. The van der Waals surface area contributed by atoms with Gasteiger partial charge in [-0.25, -0.2) is 9.13 Å². The summed E-state index contributed by atoms with van der Waals surface area (Å²) in [4.78, 5) is 12.9. The minimum atomic E-state index is -2.48. The van der Waals surface area contributed by atoms with Gasteiger partial charge >= 0.3 is 7.68 Å². The fraction of sp³-hybridized carbons (Fsp3) is 0.875. The molecule has 0 spiro atoms. The van der Waals surface area contributed by atoms with Gasteiger partial charge in [0.2, 0.25) is 5.91 Å². The zero-order valence-electron chi connectivity index (χ0n) is 18.8. The number of allylic oxidation sites excluding steroid dienone is 1. The molecule has 0 bridgehead atoms. The van der Waals surface area contributed by atoms with Gasteiger partial charge in [-0.15, -0.1) is 0 Å². The van der Waals surface area contributed by atoms with E-state index in [9.17, 15) is 13.9 Å². The minimum absolute atomic E-state index is 0.0356. The number of hydrogen-bond acceptors (Lipinski definition) is 3. The smallest absolute Gasteiger partial charge is 0.319 e. The van der Waals surface area contributed by atoms with Crippen LogP contribution in [0.5, 0.6) is 0 Å². The summed E-state index contributed by atoms with van der Waals surface area (Å²) in [5.74, 6) is 2.04. The molecule has 0 aromatic rings. The standard InChI is InChI=1S/C24H38NO3P/c1-22(2,3)21(26)25-20-14-16(29(27)28)13-15-8-9-17-18-7-6-11-23(18,4)12-10-19(17)24(15,20)5/h8,16-20H,6-7,9-14H2,1-5H3,(H,25,26)/t16?,17-,18-,19+,20?,23-,24-/m0/s1. The van der Waals surface area contributed by atoms with E-state index in [1.165, 1.54) is 37.7 Å². The summed E-state index contributed by atoms with van der Waals surface area (Å²) in [5.41, 5.74) is 0.844. The van der Waals surface area contributed by atoms with Crippen molar-refractivity contribution in [3.8, 4) is 0 Å². The van der Waals surface area contributed by atoms with Crippen molar-refractivity contribution in [2.45, 2.75) is 97.7 Å². The molecule has 162 valence electrons. The van der Waals surface area contributed by atoms with E-state index in [0.29, 0.717) is 30.1 Å². The number of hydrogen-bond donors (Lipinski definition) is 1. The topological polar surface area (TPSA) is 63.2 Å². The molecular weight excluding hydrogens is 381 g/mol. The van der Waals surface area contributed by atoms with Crippen LogP contribution in [0.3, 0.4) is 0 Å². The highest BCUT2D eigenvalue weighted by atomic mass is 31.1. The van der Waals surface area contributed by atoms with Crippen LogP contribution in [0.1, 0.15) is 86.0 Å². The molecule has 2 unspecified atom stereocenters. The molecule has 0 aromatic heterocycles. The Morgan fingerprint density at radius 1 is 1.14 bits per heavy atom. The Kier molecular flexibility index (Phi) is 5.21. The maximum Gasteiger partial charge on any atom is 0.319 e. The maximum atomic E-state index is 12.9. The van der Waals surface area contributed by atoms with Gasteiger partial charge in [-0.05, 0) is 68.1 Å². The Bertz CT molecular complexity index is 786. The lowest BCUT2D eigenvalue weighted by atomic mass is 9.47. The fourth-order valence-corrected chi connectivity index (χ4v) is 8.20. The largest absolute Gasteiger partial charge is 0.352 e.